The third kappa shape index (κ3) is 8.70. The molecule has 0 radical (unpaired) electrons. The van der Waals surface area contributed by atoms with Gasteiger partial charge >= 0.3 is 0 Å². The summed E-state index contributed by atoms with van der Waals surface area (Å²) < 4.78 is 1.44. The molecule has 0 unspecified atom stereocenters. The van der Waals surface area contributed by atoms with Crippen LogP contribution in [0.15, 0.2) is 64.8 Å². The van der Waals surface area contributed by atoms with Crippen LogP contribution in [0.1, 0.15) is 44.1 Å². The number of fused-ring (bicyclic) bond motifs is 1. The molecule has 2 aromatic carbocycles. The molecule has 1 atom stereocenters. The van der Waals surface area contributed by atoms with Gasteiger partial charge in [-0.2, -0.15) is 0 Å². The maximum absolute atomic E-state index is 13.3. The number of nitrogens with one attached hydrogen (secondary N) is 1. The van der Waals surface area contributed by atoms with Crippen LogP contribution in [0.25, 0.3) is 21.3 Å². The number of aromatic nitrogens is 2. The molecule has 0 bridgehead atoms. The number of carbonyl (C=O) groups is 2. The summed E-state index contributed by atoms with van der Waals surface area (Å²) in [4.78, 5) is 52.5. The molecule has 2 aliphatic heterocycles. The van der Waals surface area contributed by atoms with Crippen LogP contribution in [0.2, 0.25) is 0 Å². The second kappa shape index (κ2) is 15.3. The molecule has 2 aliphatic rings. The summed E-state index contributed by atoms with van der Waals surface area (Å²) in [6.45, 7) is 8.34. The van der Waals surface area contributed by atoms with E-state index < -0.39 is 5.60 Å². The summed E-state index contributed by atoms with van der Waals surface area (Å²) in [5.74, 6) is 0.0741. The lowest BCUT2D eigenvalue weighted by atomic mass is 9.90. The SMILES string of the molecule is C[C@H](CC(=O)N1CCC(O)(Cn2cnc3cc(NC(=O)CCN4CCN(CCN=[N+]=[N-])CC4)ccc3c2=O)CC1)c1ccccc1. The van der Waals surface area contributed by atoms with Crippen molar-refractivity contribution < 1.29 is 14.7 Å². The molecule has 5 rings (SSSR count). The number of aliphatic hydroxyl groups is 1. The average Bonchev–Trinajstić information content (AvgIpc) is 3.06. The first-order valence-corrected chi connectivity index (χ1v) is 16.0. The molecule has 3 heterocycles. The number of carbonyl (C=O) groups excluding carboxylic acids is 2. The minimum atomic E-state index is -1.12. The van der Waals surface area contributed by atoms with Gasteiger partial charge in [-0.25, -0.2) is 4.98 Å². The summed E-state index contributed by atoms with van der Waals surface area (Å²) in [5.41, 5.74) is 9.21. The van der Waals surface area contributed by atoms with E-state index in [9.17, 15) is 19.5 Å². The Bertz CT molecular complexity index is 1610. The molecule has 0 spiro atoms. The van der Waals surface area contributed by atoms with Gasteiger partial charge in [-0.05, 0) is 48.1 Å². The van der Waals surface area contributed by atoms with Crippen molar-refractivity contribution in [1.29, 1.82) is 0 Å². The highest BCUT2D eigenvalue weighted by Crippen LogP contribution is 2.27. The van der Waals surface area contributed by atoms with E-state index in [1.165, 1.54) is 10.9 Å². The largest absolute Gasteiger partial charge is 0.388 e. The molecule has 0 saturated carbocycles. The number of likely N-dealkylation sites (tertiary alicyclic amines) is 1. The molecule has 2 N–H and O–H groups in total. The predicted molar refractivity (Wildman–Crippen MR) is 176 cm³/mol. The fraction of sp³-hybridized carbons (Fsp3) is 0.515. The third-order valence-electron chi connectivity index (χ3n) is 9.17. The zero-order valence-corrected chi connectivity index (χ0v) is 26.4. The number of piperazine rings is 1. The van der Waals surface area contributed by atoms with Crippen LogP contribution in [-0.2, 0) is 16.1 Å². The Morgan fingerprint density at radius 3 is 2.43 bits per heavy atom. The van der Waals surface area contributed by atoms with Crippen molar-refractivity contribution in [2.45, 2.75) is 50.7 Å². The Labute approximate surface area is 268 Å². The molecule has 46 heavy (non-hydrogen) atoms. The van der Waals surface area contributed by atoms with E-state index >= 15 is 0 Å². The van der Waals surface area contributed by atoms with E-state index in [0.29, 0.717) is 68.5 Å². The number of nitrogens with zero attached hydrogens (tertiary/aromatic N) is 8. The number of anilines is 1. The van der Waals surface area contributed by atoms with Crippen molar-refractivity contribution in [3.05, 3.63) is 81.2 Å². The standard InChI is InChI=1S/C33H43N9O4/c1-25(26-5-3-2-4-6-26)21-31(44)41-14-10-33(46,11-15-41)23-42-24-35-29-22-27(7-8-28(29)32(42)45)37-30(43)9-13-39-17-19-40(20-18-39)16-12-36-38-34/h2-8,22,24-25,46H,9-21,23H2,1H3,(H,37,43)/t25-/m1/s1. The van der Waals surface area contributed by atoms with Crippen LogP contribution in [-0.4, -0.2) is 106 Å². The number of amides is 2. The van der Waals surface area contributed by atoms with Gasteiger partial charge in [0.25, 0.3) is 5.56 Å². The van der Waals surface area contributed by atoms with Gasteiger partial charge in [0.15, 0.2) is 0 Å². The summed E-state index contributed by atoms with van der Waals surface area (Å²) in [6.07, 6.45) is 2.96. The van der Waals surface area contributed by atoms with Crippen molar-refractivity contribution >= 4 is 28.4 Å². The smallest absolute Gasteiger partial charge is 0.261 e. The highest BCUT2D eigenvalue weighted by molar-refractivity contribution is 5.93. The number of hydrogen-bond acceptors (Lipinski definition) is 8. The van der Waals surface area contributed by atoms with Crippen molar-refractivity contribution in [2.75, 3.05) is 64.2 Å². The van der Waals surface area contributed by atoms with Crippen molar-refractivity contribution in [3.8, 4) is 0 Å². The van der Waals surface area contributed by atoms with Crippen LogP contribution < -0.4 is 10.9 Å². The van der Waals surface area contributed by atoms with Crippen LogP contribution >= 0.6 is 0 Å². The average molecular weight is 630 g/mol. The van der Waals surface area contributed by atoms with Crippen molar-refractivity contribution in [1.82, 2.24) is 24.3 Å². The van der Waals surface area contributed by atoms with Gasteiger partial charge in [0.05, 0.1) is 29.4 Å². The van der Waals surface area contributed by atoms with E-state index in [2.05, 4.69) is 30.1 Å². The van der Waals surface area contributed by atoms with Gasteiger partial charge in [-0.3, -0.25) is 19.0 Å². The molecule has 2 fully saturated rings. The van der Waals surface area contributed by atoms with Crippen molar-refractivity contribution in [3.63, 3.8) is 0 Å². The minimum absolute atomic E-state index is 0.0732. The zero-order chi connectivity index (χ0) is 32.5. The van der Waals surface area contributed by atoms with Gasteiger partial charge in [-0.15, -0.1) is 0 Å². The van der Waals surface area contributed by atoms with Crippen molar-refractivity contribution in [2.24, 2.45) is 5.11 Å². The van der Waals surface area contributed by atoms with Gasteiger partial charge < -0.3 is 25.1 Å². The van der Waals surface area contributed by atoms with Crippen LogP contribution in [0.5, 0.6) is 0 Å². The first-order valence-electron chi connectivity index (χ1n) is 16.0. The topological polar surface area (TPSA) is 160 Å². The van der Waals surface area contributed by atoms with Gasteiger partial charge in [-0.1, -0.05) is 42.4 Å². The Kier molecular flexibility index (Phi) is 11.0. The number of rotatable bonds is 12. The molecule has 0 aliphatic carbocycles. The first kappa shape index (κ1) is 33.1. The van der Waals surface area contributed by atoms with Gasteiger partial charge in [0, 0.05) is 82.3 Å². The second-order valence-corrected chi connectivity index (χ2v) is 12.5. The van der Waals surface area contributed by atoms with Gasteiger partial charge in [0.1, 0.15) is 0 Å². The third-order valence-corrected chi connectivity index (χ3v) is 9.17. The van der Waals surface area contributed by atoms with Crippen LogP contribution in [0, 0.1) is 0 Å². The molecule has 244 valence electrons. The highest BCUT2D eigenvalue weighted by atomic mass is 16.3. The molecule has 2 amide bonds. The zero-order valence-electron chi connectivity index (χ0n) is 26.4. The van der Waals surface area contributed by atoms with E-state index in [1.54, 1.807) is 18.2 Å². The maximum atomic E-state index is 13.3. The number of piperidine rings is 1. The number of benzene rings is 2. The first-order chi connectivity index (χ1) is 22.2. The fourth-order valence-corrected chi connectivity index (χ4v) is 6.24. The normalized spacial score (nSPS) is 17.7. The van der Waals surface area contributed by atoms with Crippen LogP contribution in [0.3, 0.4) is 0 Å². The van der Waals surface area contributed by atoms with Crippen LogP contribution in [0.4, 0.5) is 5.69 Å². The monoisotopic (exact) mass is 629 g/mol. The molecular weight excluding hydrogens is 586 g/mol. The van der Waals surface area contributed by atoms with E-state index in [-0.39, 0.29) is 29.8 Å². The highest BCUT2D eigenvalue weighted by Gasteiger charge is 2.35. The van der Waals surface area contributed by atoms with E-state index in [4.69, 9.17) is 5.53 Å². The fourth-order valence-electron chi connectivity index (χ4n) is 6.24. The summed E-state index contributed by atoms with van der Waals surface area (Å²) in [7, 11) is 0. The lowest BCUT2D eigenvalue weighted by Gasteiger charge is -2.38. The molecule has 1 aromatic heterocycles. The van der Waals surface area contributed by atoms with E-state index in [0.717, 1.165) is 38.3 Å². The summed E-state index contributed by atoms with van der Waals surface area (Å²) in [6, 6.07) is 15.0. The molecular formula is C33H43N9O4. The molecule has 2 saturated heterocycles. The minimum Gasteiger partial charge on any atom is -0.388 e. The summed E-state index contributed by atoms with van der Waals surface area (Å²) in [5, 5.41) is 18.2. The Balaban J connectivity index is 1.10. The lowest BCUT2D eigenvalue weighted by Crippen LogP contribution is -2.49. The summed E-state index contributed by atoms with van der Waals surface area (Å²) >= 11 is 0. The number of azide groups is 1. The second-order valence-electron chi connectivity index (χ2n) is 12.5. The van der Waals surface area contributed by atoms with Gasteiger partial charge in [0.2, 0.25) is 11.8 Å². The maximum Gasteiger partial charge on any atom is 0.261 e. The lowest BCUT2D eigenvalue weighted by molar-refractivity contribution is -0.136. The molecule has 13 nitrogen and oxygen atoms in total. The Morgan fingerprint density at radius 2 is 1.74 bits per heavy atom. The Morgan fingerprint density at radius 1 is 1.04 bits per heavy atom. The number of hydrogen-bond donors (Lipinski definition) is 2. The van der Waals surface area contributed by atoms with E-state index in [1.807, 2.05) is 42.2 Å². The predicted octanol–water partition coefficient (Wildman–Crippen LogP) is 3.20. The quantitative estimate of drug-likeness (QED) is 0.177. The molecule has 13 heteroatoms. The molecule has 3 aromatic rings. The Hall–Kier alpha value is -4.29.